The molecule has 9 atom stereocenters. The van der Waals surface area contributed by atoms with Crippen LogP contribution in [0.4, 0.5) is 0 Å². The van der Waals surface area contributed by atoms with Gasteiger partial charge in [-0.15, -0.1) is 0 Å². The molecule has 0 radical (unpaired) electrons. The van der Waals surface area contributed by atoms with E-state index in [4.69, 9.17) is 0 Å². The Morgan fingerprint density at radius 1 is 0.400 bits per heavy atom. The third kappa shape index (κ3) is 11.0. The van der Waals surface area contributed by atoms with Crippen LogP contribution in [-0.4, -0.2) is 0 Å². The minimum absolute atomic E-state index is 0.810. The molecule has 0 aromatic rings. The van der Waals surface area contributed by atoms with Crippen LogP contribution >= 0.6 is 0 Å². The third-order valence-electron chi connectivity index (χ3n) is 9.77. The molecular weight excluding hydrogens is 360 g/mol. The van der Waals surface area contributed by atoms with E-state index in [2.05, 4.69) is 76.2 Å². The molecule has 0 aromatic heterocycles. The Bertz CT molecular complexity index is 385. The van der Waals surface area contributed by atoms with Gasteiger partial charge < -0.3 is 0 Å². The van der Waals surface area contributed by atoms with Gasteiger partial charge in [0.25, 0.3) is 0 Å². The zero-order chi connectivity index (χ0) is 23.3. The van der Waals surface area contributed by atoms with Crippen molar-refractivity contribution in [3.8, 4) is 0 Å². The molecule has 0 saturated carbocycles. The van der Waals surface area contributed by atoms with Gasteiger partial charge in [0.1, 0.15) is 0 Å². The van der Waals surface area contributed by atoms with Gasteiger partial charge in [0, 0.05) is 0 Å². The van der Waals surface area contributed by atoms with Crippen LogP contribution < -0.4 is 0 Å². The molecule has 0 heteroatoms. The van der Waals surface area contributed by atoms with E-state index in [9.17, 15) is 0 Å². The zero-order valence-electron chi connectivity index (χ0n) is 23.3. The van der Waals surface area contributed by atoms with E-state index >= 15 is 0 Å². The van der Waals surface area contributed by atoms with Crippen LogP contribution in [0.15, 0.2) is 0 Å². The molecular formula is C30H62. The lowest BCUT2D eigenvalue weighted by Gasteiger charge is -2.39. The van der Waals surface area contributed by atoms with Gasteiger partial charge in [-0.3, -0.25) is 0 Å². The van der Waals surface area contributed by atoms with E-state index in [0.717, 1.165) is 53.3 Å². The lowest BCUT2D eigenvalue weighted by atomic mass is 9.66. The smallest absolute Gasteiger partial charge is 0.0386 e. The van der Waals surface area contributed by atoms with Gasteiger partial charge in [-0.25, -0.2) is 0 Å². The molecule has 0 bridgehead atoms. The van der Waals surface area contributed by atoms with Gasteiger partial charge >= 0.3 is 0 Å². The second-order valence-electron chi connectivity index (χ2n) is 11.8. The molecule has 0 amide bonds. The Morgan fingerprint density at radius 2 is 0.800 bits per heavy atom. The molecule has 0 rings (SSSR count). The second-order valence-corrected chi connectivity index (χ2v) is 11.8. The molecule has 0 spiro atoms. The lowest BCUT2D eigenvalue weighted by molar-refractivity contribution is 0.0976. The first-order valence-electron chi connectivity index (χ1n) is 14.1. The zero-order valence-corrected chi connectivity index (χ0v) is 23.3. The van der Waals surface area contributed by atoms with Crippen molar-refractivity contribution in [3.05, 3.63) is 0 Å². The fourth-order valence-electron chi connectivity index (χ4n) is 5.48. The molecule has 30 heavy (non-hydrogen) atoms. The summed E-state index contributed by atoms with van der Waals surface area (Å²) in [6, 6.07) is 0. The number of unbranched alkanes of at least 4 members (excludes halogenated alkanes) is 5. The highest BCUT2D eigenvalue weighted by Gasteiger charge is 2.32. The highest BCUT2D eigenvalue weighted by Crippen LogP contribution is 2.39. The van der Waals surface area contributed by atoms with Crippen LogP contribution in [0.25, 0.3) is 0 Å². The van der Waals surface area contributed by atoms with Crippen LogP contribution in [0.1, 0.15) is 140 Å². The van der Waals surface area contributed by atoms with Gasteiger partial charge in [-0.05, 0) is 53.3 Å². The normalized spacial score (nSPS) is 21.3. The first kappa shape index (κ1) is 30.0. The van der Waals surface area contributed by atoms with Crippen molar-refractivity contribution in [2.24, 2.45) is 53.3 Å². The molecule has 0 aliphatic carbocycles. The van der Waals surface area contributed by atoms with E-state index in [1.165, 1.54) is 64.2 Å². The van der Waals surface area contributed by atoms with Gasteiger partial charge in [0.15, 0.2) is 0 Å². The average molecular weight is 423 g/mol. The van der Waals surface area contributed by atoms with Crippen LogP contribution in [-0.2, 0) is 0 Å². The van der Waals surface area contributed by atoms with E-state index in [-0.39, 0.29) is 0 Å². The predicted molar refractivity (Wildman–Crippen MR) is 140 cm³/mol. The summed E-state index contributed by atoms with van der Waals surface area (Å²) >= 11 is 0. The molecule has 0 heterocycles. The van der Waals surface area contributed by atoms with Gasteiger partial charge in [-0.2, -0.15) is 0 Å². The fourth-order valence-corrected chi connectivity index (χ4v) is 5.48. The largest absolute Gasteiger partial charge is 0.0654 e. The van der Waals surface area contributed by atoms with E-state index in [1.54, 1.807) is 0 Å². The quantitative estimate of drug-likeness (QED) is 0.193. The number of rotatable bonds is 18. The Balaban J connectivity index is 4.53. The molecule has 0 aliphatic heterocycles. The Kier molecular flexibility index (Phi) is 16.6. The predicted octanol–water partition coefficient (Wildman–Crippen LogP) is 10.7. The van der Waals surface area contributed by atoms with Crippen molar-refractivity contribution in [1.29, 1.82) is 0 Å². The third-order valence-corrected chi connectivity index (χ3v) is 9.77. The highest BCUT2D eigenvalue weighted by atomic mass is 14.4. The summed E-state index contributed by atoms with van der Waals surface area (Å²) in [4.78, 5) is 0. The van der Waals surface area contributed by atoms with Gasteiger partial charge in [0.05, 0.1) is 0 Å². The molecule has 0 aliphatic rings. The van der Waals surface area contributed by atoms with Crippen molar-refractivity contribution in [1.82, 2.24) is 0 Å². The summed E-state index contributed by atoms with van der Waals surface area (Å²) in [5.41, 5.74) is 0. The molecule has 0 N–H and O–H groups in total. The summed E-state index contributed by atoms with van der Waals surface area (Å²) in [6.45, 7) is 27.4. The SMILES string of the molecule is CCCCCCCCC(C)C(C)C(C)C(C)C(C)C(C)C(C)C(C)CCC(C)CC. The molecule has 0 nitrogen and oxygen atoms in total. The Hall–Kier alpha value is 0. The van der Waals surface area contributed by atoms with Crippen LogP contribution in [0.5, 0.6) is 0 Å². The van der Waals surface area contributed by atoms with E-state index < -0.39 is 0 Å². The molecule has 182 valence electrons. The van der Waals surface area contributed by atoms with Crippen LogP contribution in [0, 0.1) is 53.3 Å². The maximum atomic E-state index is 2.55. The summed E-state index contributed by atoms with van der Waals surface area (Å²) in [7, 11) is 0. The average Bonchev–Trinajstić information content (AvgIpc) is 2.75. The topological polar surface area (TPSA) is 0 Å². The van der Waals surface area contributed by atoms with Crippen molar-refractivity contribution in [2.75, 3.05) is 0 Å². The molecule has 0 fully saturated rings. The Labute approximate surface area is 193 Å². The first-order valence-corrected chi connectivity index (χ1v) is 14.1. The summed E-state index contributed by atoms with van der Waals surface area (Å²) in [6.07, 6.45) is 14.1. The summed E-state index contributed by atoms with van der Waals surface area (Å²) in [5.74, 6) is 7.52. The van der Waals surface area contributed by atoms with Crippen LogP contribution in [0.3, 0.4) is 0 Å². The second kappa shape index (κ2) is 16.6. The summed E-state index contributed by atoms with van der Waals surface area (Å²) < 4.78 is 0. The minimum Gasteiger partial charge on any atom is -0.0654 e. The van der Waals surface area contributed by atoms with Gasteiger partial charge in [-0.1, -0.05) is 140 Å². The number of hydrogen-bond acceptors (Lipinski definition) is 0. The standard InChI is InChI=1S/C30H62/c1-12-14-15-16-17-18-19-23(4)25(6)27(8)29(10)30(11)28(9)26(7)24(5)21-20-22(3)13-2/h22-30H,12-21H2,1-11H3. The monoisotopic (exact) mass is 422 g/mol. The maximum Gasteiger partial charge on any atom is -0.0386 e. The fraction of sp³-hybridized carbons (Fsp3) is 1.00. The molecule has 0 saturated heterocycles. The Morgan fingerprint density at radius 3 is 1.27 bits per heavy atom. The minimum atomic E-state index is 0.810. The van der Waals surface area contributed by atoms with E-state index in [1.807, 2.05) is 0 Å². The highest BCUT2D eigenvalue weighted by molar-refractivity contribution is 4.81. The molecule has 0 aromatic carbocycles. The number of hydrogen-bond donors (Lipinski definition) is 0. The summed E-state index contributed by atoms with van der Waals surface area (Å²) in [5, 5.41) is 0. The van der Waals surface area contributed by atoms with Gasteiger partial charge in [0.2, 0.25) is 0 Å². The van der Waals surface area contributed by atoms with E-state index in [0.29, 0.717) is 0 Å². The maximum absolute atomic E-state index is 2.55. The van der Waals surface area contributed by atoms with Crippen molar-refractivity contribution < 1.29 is 0 Å². The van der Waals surface area contributed by atoms with Crippen molar-refractivity contribution >= 4 is 0 Å². The van der Waals surface area contributed by atoms with Crippen LogP contribution in [0.2, 0.25) is 0 Å². The van der Waals surface area contributed by atoms with Crippen molar-refractivity contribution in [3.63, 3.8) is 0 Å². The lowest BCUT2D eigenvalue weighted by Crippen LogP contribution is -2.32. The van der Waals surface area contributed by atoms with Crippen molar-refractivity contribution in [2.45, 2.75) is 140 Å². The molecule has 9 unspecified atom stereocenters. The first-order chi connectivity index (χ1) is 14.1.